The first-order valence-electron chi connectivity index (χ1n) is 5.46. The van der Waals surface area contributed by atoms with E-state index in [1.54, 1.807) is 11.4 Å². The molecule has 0 aliphatic heterocycles. The fourth-order valence-electron chi connectivity index (χ4n) is 1.47. The van der Waals surface area contributed by atoms with Crippen LogP contribution in [0.3, 0.4) is 0 Å². The molecule has 5 nitrogen and oxygen atoms in total. The second-order valence-electron chi connectivity index (χ2n) is 3.66. The number of thiazole rings is 1. The van der Waals surface area contributed by atoms with E-state index in [0.717, 1.165) is 0 Å². The third kappa shape index (κ3) is 2.48. The summed E-state index contributed by atoms with van der Waals surface area (Å²) in [5.74, 6) is 0.241. The zero-order chi connectivity index (χ0) is 13.1. The standard InChI is InChI=1S/C12H12N2O3S/c1-3-10-8(4-5-17-10)11(16)14-12-13-9(6-18-12)7(2)15/h4-6H,3H2,1-2H3,(H,13,14,16). The molecule has 2 rings (SSSR count). The molecule has 0 bridgehead atoms. The Balaban J connectivity index is 2.13. The van der Waals surface area contributed by atoms with Crippen molar-refractivity contribution in [3.63, 3.8) is 0 Å². The number of hydrogen-bond donors (Lipinski definition) is 1. The quantitative estimate of drug-likeness (QED) is 0.862. The van der Waals surface area contributed by atoms with Crippen molar-refractivity contribution in [2.75, 3.05) is 5.32 Å². The Bertz CT molecular complexity index is 586. The summed E-state index contributed by atoms with van der Waals surface area (Å²) in [6.45, 7) is 3.35. The molecule has 94 valence electrons. The zero-order valence-corrected chi connectivity index (χ0v) is 10.8. The van der Waals surface area contributed by atoms with Crippen LogP contribution in [0.4, 0.5) is 5.13 Å². The van der Waals surface area contributed by atoms with Crippen molar-refractivity contribution in [2.24, 2.45) is 0 Å². The lowest BCUT2D eigenvalue weighted by molar-refractivity contribution is 0.100. The topological polar surface area (TPSA) is 72.2 Å². The normalized spacial score (nSPS) is 10.3. The summed E-state index contributed by atoms with van der Waals surface area (Å²) in [6.07, 6.45) is 2.13. The van der Waals surface area contributed by atoms with Gasteiger partial charge in [-0.1, -0.05) is 6.92 Å². The third-order valence-corrected chi connectivity index (χ3v) is 3.15. The van der Waals surface area contributed by atoms with Crippen LogP contribution in [0.2, 0.25) is 0 Å². The number of hydrogen-bond acceptors (Lipinski definition) is 5. The Morgan fingerprint density at radius 3 is 2.89 bits per heavy atom. The van der Waals surface area contributed by atoms with Gasteiger partial charge in [0.1, 0.15) is 11.5 Å². The summed E-state index contributed by atoms with van der Waals surface area (Å²) >= 11 is 1.22. The predicted molar refractivity (Wildman–Crippen MR) is 68.2 cm³/mol. The lowest BCUT2D eigenvalue weighted by Crippen LogP contribution is -2.12. The van der Waals surface area contributed by atoms with Gasteiger partial charge in [-0.25, -0.2) is 4.98 Å². The number of aryl methyl sites for hydroxylation is 1. The monoisotopic (exact) mass is 264 g/mol. The second kappa shape index (κ2) is 5.14. The molecule has 0 aliphatic carbocycles. The highest BCUT2D eigenvalue weighted by molar-refractivity contribution is 7.14. The van der Waals surface area contributed by atoms with Gasteiger partial charge < -0.3 is 4.42 Å². The summed E-state index contributed by atoms with van der Waals surface area (Å²) in [5.41, 5.74) is 0.857. The van der Waals surface area contributed by atoms with E-state index < -0.39 is 0 Å². The Hall–Kier alpha value is -1.95. The van der Waals surface area contributed by atoms with Gasteiger partial charge in [0.15, 0.2) is 10.9 Å². The van der Waals surface area contributed by atoms with Crippen molar-refractivity contribution >= 4 is 28.2 Å². The molecule has 18 heavy (non-hydrogen) atoms. The van der Waals surface area contributed by atoms with Crippen LogP contribution < -0.4 is 5.32 Å². The van der Waals surface area contributed by atoms with Crippen LogP contribution in [0, 0.1) is 0 Å². The molecule has 1 N–H and O–H groups in total. The number of anilines is 1. The van der Waals surface area contributed by atoms with E-state index in [2.05, 4.69) is 10.3 Å². The first-order chi connectivity index (χ1) is 8.61. The van der Waals surface area contributed by atoms with Crippen molar-refractivity contribution < 1.29 is 14.0 Å². The number of Topliss-reactive ketones (excluding diaryl/α,β-unsaturated/α-hetero) is 1. The summed E-state index contributed by atoms with van der Waals surface area (Å²) in [6, 6.07) is 1.62. The van der Waals surface area contributed by atoms with E-state index in [1.165, 1.54) is 24.5 Å². The Morgan fingerprint density at radius 1 is 1.50 bits per heavy atom. The van der Waals surface area contributed by atoms with E-state index in [0.29, 0.717) is 28.6 Å². The number of nitrogens with zero attached hydrogens (tertiary/aromatic N) is 1. The van der Waals surface area contributed by atoms with Gasteiger partial charge in [0.2, 0.25) is 0 Å². The maximum atomic E-state index is 11.9. The highest BCUT2D eigenvalue weighted by atomic mass is 32.1. The molecule has 1 amide bonds. The largest absolute Gasteiger partial charge is 0.469 e. The average Bonchev–Trinajstić information content (AvgIpc) is 2.96. The predicted octanol–water partition coefficient (Wildman–Crippen LogP) is 2.75. The molecule has 0 saturated carbocycles. The molecule has 0 unspecified atom stereocenters. The maximum absolute atomic E-state index is 11.9. The van der Waals surface area contributed by atoms with Gasteiger partial charge in [0.05, 0.1) is 11.8 Å². The van der Waals surface area contributed by atoms with E-state index >= 15 is 0 Å². The molecule has 0 atom stereocenters. The number of nitrogens with one attached hydrogen (secondary N) is 1. The first-order valence-corrected chi connectivity index (χ1v) is 6.34. The second-order valence-corrected chi connectivity index (χ2v) is 4.52. The summed E-state index contributed by atoms with van der Waals surface area (Å²) in [4.78, 5) is 27.1. The number of amides is 1. The van der Waals surface area contributed by atoms with Crippen molar-refractivity contribution in [3.05, 3.63) is 34.7 Å². The van der Waals surface area contributed by atoms with E-state index in [1.807, 2.05) is 6.92 Å². The molecule has 0 aliphatic rings. The zero-order valence-electron chi connectivity index (χ0n) is 10.0. The minimum absolute atomic E-state index is 0.121. The SMILES string of the molecule is CCc1occc1C(=O)Nc1nc(C(C)=O)cs1. The van der Waals surface area contributed by atoms with Crippen LogP contribution in [-0.2, 0) is 6.42 Å². The summed E-state index contributed by atoms with van der Waals surface area (Å²) in [5, 5.41) is 4.68. The van der Waals surface area contributed by atoms with Gasteiger partial charge in [0, 0.05) is 18.7 Å². The molecular formula is C12H12N2O3S. The molecular weight excluding hydrogens is 252 g/mol. The number of aromatic nitrogens is 1. The van der Waals surface area contributed by atoms with Gasteiger partial charge in [-0.05, 0) is 6.07 Å². The van der Waals surface area contributed by atoms with E-state index in [9.17, 15) is 9.59 Å². The molecule has 0 saturated heterocycles. The maximum Gasteiger partial charge on any atom is 0.260 e. The molecule has 0 spiro atoms. The van der Waals surface area contributed by atoms with Crippen molar-refractivity contribution in [2.45, 2.75) is 20.3 Å². The van der Waals surface area contributed by atoms with Gasteiger partial charge in [-0.2, -0.15) is 0 Å². The van der Waals surface area contributed by atoms with Crippen LogP contribution in [0.1, 0.15) is 40.5 Å². The lowest BCUT2D eigenvalue weighted by atomic mass is 10.2. The van der Waals surface area contributed by atoms with E-state index in [4.69, 9.17) is 4.42 Å². The summed E-state index contributed by atoms with van der Waals surface area (Å²) in [7, 11) is 0. The lowest BCUT2D eigenvalue weighted by Gasteiger charge is -2.00. The van der Waals surface area contributed by atoms with Crippen molar-refractivity contribution in [3.8, 4) is 0 Å². The van der Waals surface area contributed by atoms with Crippen LogP contribution >= 0.6 is 11.3 Å². The van der Waals surface area contributed by atoms with Gasteiger partial charge in [0.25, 0.3) is 5.91 Å². The van der Waals surface area contributed by atoms with Crippen LogP contribution in [0.15, 0.2) is 22.1 Å². The third-order valence-electron chi connectivity index (χ3n) is 2.40. The average molecular weight is 264 g/mol. The van der Waals surface area contributed by atoms with Crippen LogP contribution in [0.25, 0.3) is 0 Å². The van der Waals surface area contributed by atoms with Crippen molar-refractivity contribution in [1.29, 1.82) is 0 Å². The number of carbonyl (C=O) groups is 2. The molecule has 6 heteroatoms. The molecule has 2 aromatic heterocycles. The molecule has 0 aromatic carbocycles. The Morgan fingerprint density at radius 2 is 2.28 bits per heavy atom. The Kier molecular flexibility index (Phi) is 3.57. The Labute approximate surface area is 108 Å². The molecule has 0 fully saturated rings. The summed E-state index contributed by atoms with van der Waals surface area (Å²) < 4.78 is 5.18. The number of furan rings is 1. The number of ketones is 1. The smallest absolute Gasteiger partial charge is 0.260 e. The van der Waals surface area contributed by atoms with Crippen LogP contribution in [0.5, 0.6) is 0 Å². The van der Waals surface area contributed by atoms with Crippen molar-refractivity contribution in [1.82, 2.24) is 4.98 Å². The van der Waals surface area contributed by atoms with Gasteiger partial charge in [-0.15, -0.1) is 11.3 Å². The number of carbonyl (C=O) groups excluding carboxylic acids is 2. The highest BCUT2D eigenvalue weighted by Gasteiger charge is 2.15. The van der Waals surface area contributed by atoms with Crippen LogP contribution in [-0.4, -0.2) is 16.7 Å². The molecule has 2 heterocycles. The molecule has 0 radical (unpaired) electrons. The minimum Gasteiger partial charge on any atom is -0.469 e. The number of rotatable bonds is 4. The molecule has 2 aromatic rings. The van der Waals surface area contributed by atoms with E-state index in [-0.39, 0.29) is 11.7 Å². The fourth-order valence-corrected chi connectivity index (χ4v) is 2.22. The fraction of sp³-hybridized carbons (Fsp3) is 0.250. The van der Waals surface area contributed by atoms with Gasteiger partial charge in [-0.3, -0.25) is 14.9 Å². The van der Waals surface area contributed by atoms with Gasteiger partial charge >= 0.3 is 0 Å². The minimum atomic E-state index is -0.273. The highest BCUT2D eigenvalue weighted by Crippen LogP contribution is 2.18. The first kappa shape index (κ1) is 12.5.